The highest BCUT2D eigenvalue weighted by Gasteiger charge is 2.48. The highest BCUT2D eigenvalue weighted by molar-refractivity contribution is 5.14. The molecule has 0 radical (unpaired) electrons. The van der Waals surface area contributed by atoms with E-state index in [1.807, 2.05) is 12.3 Å². The number of halogens is 1. The van der Waals surface area contributed by atoms with Crippen molar-refractivity contribution < 1.29 is 13.9 Å². The van der Waals surface area contributed by atoms with Crippen LogP contribution in [0, 0.1) is 5.82 Å². The van der Waals surface area contributed by atoms with Gasteiger partial charge in [-0.3, -0.25) is 9.88 Å². The normalized spacial score (nSPS) is 23.0. The van der Waals surface area contributed by atoms with Crippen molar-refractivity contribution in [2.24, 2.45) is 0 Å². The van der Waals surface area contributed by atoms with Gasteiger partial charge in [-0.05, 0) is 23.8 Å². The van der Waals surface area contributed by atoms with Gasteiger partial charge < -0.3 is 9.47 Å². The second-order valence-corrected chi connectivity index (χ2v) is 6.56. The van der Waals surface area contributed by atoms with E-state index in [4.69, 9.17) is 9.47 Å². The molecule has 0 N–H and O–H groups in total. The lowest BCUT2D eigenvalue weighted by atomic mass is 9.84. The lowest BCUT2D eigenvalue weighted by Gasteiger charge is -2.53. The number of rotatable bonds is 4. The highest BCUT2D eigenvalue weighted by Crippen LogP contribution is 2.36. The number of ether oxygens (including phenoxy) is 2. The Morgan fingerprint density at radius 1 is 1.29 bits per heavy atom. The summed E-state index contributed by atoms with van der Waals surface area (Å²) in [4.78, 5) is 10.5. The second-order valence-electron chi connectivity index (χ2n) is 6.56. The van der Waals surface area contributed by atoms with Crippen LogP contribution in [0.2, 0.25) is 0 Å². The fourth-order valence-corrected chi connectivity index (χ4v) is 3.55. The fraction of sp³-hybridized carbons (Fsp3) is 0.444. The maximum absolute atomic E-state index is 13.7. The SMILES string of the molecule is Fc1cccnc1OC1CCOC2(C1)CN(Cc1cccnc1)C2. The van der Waals surface area contributed by atoms with Crippen molar-refractivity contribution in [3.05, 3.63) is 54.2 Å². The van der Waals surface area contributed by atoms with Gasteiger partial charge in [-0.15, -0.1) is 0 Å². The van der Waals surface area contributed by atoms with Crippen LogP contribution in [-0.4, -0.2) is 46.3 Å². The topological polar surface area (TPSA) is 47.5 Å². The first-order valence-electron chi connectivity index (χ1n) is 8.25. The Labute approximate surface area is 140 Å². The van der Waals surface area contributed by atoms with Crippen molar-refractivity contribution in [2.75, 3.05) is 19.7 Å². The van der Waals surface area contributed by atoms with E-state index in [0.717, 1.165) is 32.5 Å². The molecule has 2 saturated heterocycles. The van der Waals surface area contributed by atoms with Crippen LogP contribution in [0.3, 0.4) is 0 Å². The molecule has 0 aliphatic carbocycles. The van der Waals surface area contributed by atoms with Crippen molar-refractivity contribution in [3.8, 4) is 5.88 Å². The Bertz CT molecular complexity index is 692. The Balaban J connectivity index is 1.34. The molecule has 1 unspecified atom stereocenters. The first-order chi connectivity index (χ1) is 11.7. The summed E-state index contributed by atoms with van der Waals surface area (Å²) in [6.07, 6.45) is 6.70. The van der Waals surface area contributed by atoms with Crippen LogP contribution in [0.15, 0.2) is 42.9 Å². The lowest BCUT2D eigenvalue weighted by Crippen LogP contribution is -2.65. The predicted molar refractivity (Wildman–Crippen MR) is 86.0 cm³/mol. The Kier molecular flexibility index (Phi) is 4.16. The summed E-state index contributed by atoms with van der Waals surface area (Å²) >= 11 is 0. The minimum Gasteiger partial charge on any atom is -0.472 e. The molecule has 2 aromatic heterocycles. The molecule has 0 aromatic carbocycles. The maximum Gasteiger partial charge on any atom is 0.250 e. The zero-order valence-electron chi connectivity index (χ0n) is 13.4. The highest BCUT2D eigenvalue weighted by atomic mass is 19.1. The average molecular weight is 329 g/mol. The minimum absolute atomic E-state index is 0.0521. The number of hydrogen-bond donors (Lipinski definition) is 0. The third-order valence-corrected chi connectivity index (χ3v) is 4.60. The van der Waals surface area contributed by atoms with Crippen LogP contribution in [0.4, 0.5) is 4.39 Å². The summed E-state index contributed by atoms with van der Waals surface area (Å²) in [6.45, 7) is 3.25. The van der Waals surface area contributed by atoms with Crippen molar-refractivity contribution in [3.63, 3.8) is 0 Å². The smallest absolute Gasteiger partial charge is 0.250 e. The van der Waals surface area contributed by atoms with Gasteiger partial charge in [0.05, 0.1) is 12.2 Å². The van der Waals surface area contributed by atoms with Gasteiger partial charge in [0.25, 0.3) is 5.88 Å². The van der Waals surface area contributed by atoms with E-state index in [1.54, 1.807) is 18.5 Å². The van der Waals surface area contributed by atoms with Crippen LogP contribution in [-0.2, 0) is 11.3 Å². The molecule has 0 saturated carbocycles. The Morgan fingerprint density at radius 3 is 2.96 bits per heavy atom. The van der Waals surface area contributed by atoms with E-state index < -0.39 is 5.82 Å². The molecular formula is C18H20FN3O2. The molecule has 2 aliphatic rings. The summed E-state index contributed by atoms with van der Waals surface area (Å²) in [6, 6.07) is 6.97. The molecule has 126 valence electrons. The summed E-state index contributed by atoms with van der Waals surface area (Å²) in [7, 11) is 0. The van der Waals surface area contributed by atoms with Crippen molar-refractivity contribution in [1.82, 2.24) is 14.9 Å². The fourth-order valence-electron chi connectivity index (χ4n) is 3.55. The second kappa shape index (κ2) is 6.45. The third kappa shape index (κ3) is 3.25. The molecule has 2 aliphatic heterocycles. The number of aromatic nitrogens is 2. The summed E-state index contributed by atoms with van der Waals surface area (Å²) < 4.78 is 25.5. The summed E-state index contributed by atoms with van der Waals surface area (Å²) in [5, 5.41) is 0. The van der Waals surface area contributed by atoms with E-state index in [1.165, 1.54) is 11.6 Å². The van der Waals surface area contributed by atoms with E-state index in [2.05, 4.69) is 20.9 Å². The number of likely N-dealkylation sites (tertiary alicyclic amines) is 1. The minimum atomic E-state index is -0.412. The molecule has 0 amide bonds. The quantitative estimate of drug-likeness (QED) is 0.862. The maximum atomic E-state index is 13.7. The van der Waals surface area contributed by atoms with Crippen LogP contribution >= 0.6 is 0 Å². The van der Waals surface area contributed by atoms with Gasteiger partial charge in [-0.2, -0.15) is 0 Å². The molecule has 4 rings (SSSR count). The van der Waals surface area contributed by atoms with Gasteiger partial charge in [0.15, 0.2) is 5.82 Å². The molecule has 5 nitrogen and oxygen atoms in total. The zero-order chi connectivity index (χ0) is 16.4. The molecule has 6 heteroatoms. The molecule has 0 bridgehead atoms. The van der Waals surface area contributed by atoms with Crippen LogP contribution in [0.1, 0.15) is 18.4 Å². The van der Waals surface area contributed by atoms with Gasteiger partial charge in [0, 0.05) is 51.1 Å². The Morgan fingerprint density at radius 2 is 2.17 bits per heavy atom. The standard InChI is InChI=1S/C18H20FN3O2/c19-16-4-2-7-21-17(16)24-15-5-8-23-18(9-15)12-22(13-18)11-14-3-1-6-20-10-14/h1-4,6-7,10,15H,5,8-9,11-13H2. The zero-order valence-corrected chi connectivity index (χ0v) is 13.4. The third-order valence-electron chi connectivity index (χ3n) is 4.60. The predicted octanol–water partition coefficient (Wildman–Crippen LogP) is 2.43. The van der Waals surface area contributed by atoms with Gasteiger partial charge >= 0.3 is 0 Å². The largest absolute Gasteiger partial charge is 0.472 e. The number of nitrogens with zero attached hydrogens (tertiary/aromatic N) is 3. The lowest BCUT2D eigenvalue weighted by molar-refractivity contribution is -0.188. The molecule has 1 spiro atoms. The molecule has 2 aromatic rings. The molecule has 4 heterocycles. The van der Waals surface area contributed by atoms with E-state index in [0.29, 0.717) is 6.61 Å². The van der Waals surface area contributed by atoms with Gasteiger partial charge in [0.1, 0.15) is 6.10 Å². The Hall–Kier alpha value is -2.05. The van der Waals surface area contributed by atoms with Crippen molar-refractivity contribution in [2.45, 2.75) is 31.1 Å². The summed E-state index contributed by atoms with van der Waals surface area (Å²) in [5.74, 6) is -0.323. The number of pyridine rings is 2. The monoisotopic (exact) mass is 329 g/mol. The van der Waals surface area contributed by atoms with Crippen molar-refractivity contribution in [1.29, 1.82) is 0 Å². The van der Waals surface area contributed by atoms with Crippen LogP contribution < -0.4 is 4.74 Å². The molecule has 1 atom stereocenters. The van der Waals surface area contributed by atoms with Crippen molar-refractivity contribution >= 4 is 0 Å². The van der Waals surface area contributed by atoms with Gasteiger partial charge in [-0.1, -0.05) is 6.07 Å². The molecule has 24 heavy (non-hydrogen) atoms. The van der Waals surface area contributed by atoms with E-state index in [9.17, 15) is 4.39 Å². The van der Waals surface area contributed by atoms with E-state index >= 15 is 0 Å². The average Bonchev–Trinajstić information content (AvgIpc) is 2.57. The van der Waals surface area contributed by atoms with E-state index in [-0.39, 0.29) is 17.6 Å². The number of hydrogen-bond acceptors (Lipinski definition) is 5. The van der Waals surface area contributed by atoms with Gasteiger partial charge in [0.2, 0.25) is 0 Å². The van der Waals surface area contributed by atoms with Crippen LogP contribution in [0.5, 0.6) is 5.88 Å². The summed E-state index contributed by atoms with van der Waals surface area (Å²) in [5.41, 5.74) is 1.03. The molecular weight excluding hydrogens is 309 g/mol. The molecule has 2 fully saturated rings. The van der Waals surface area contributed by atoms with Gasteiger partial charge in [-0.25, -0.2) is 9.37 Å². The van der Waals surface area contributed by atoms with Crippen LogP contribution in [0.25, 0.3) is 0 Å². The first-order valence-corrected chi connectivity index (χ1v) is 8.25. The first kappa shape index (κ1) is 15.5.